The highest BCUT2D eigenvalue weighted by Crippen LogP contribution is 2.38. The quantitative estimate of drug-likeness (QED) is 0.791. The Kier molecular flexibility index (Phi) is 2.66. The number of H-pyrrole nitrogens is 1. The SMILES string of the molecule is Cc1ccc2[nH]c(C)c([C@H](O)C(F)(F)F)c2c1. The maximum Gasteiger partial charge on any atom is 0.418 e. The number of nitrogens with one attached hydrogen (secondary N) is 1. The van der Waals surface area contributed by atoms with Gasteiger partial charge in [-0.1, -0.05) is 11.6 Å². The maximum absolute atomic E-state index is 12.6. The molecule has 0 saturated heterocycles. The normalized spacial score (nSPS) is 14.2. The van der Waals surface area contributed by atoms with Gasteiger partial charge in [0.15, 0.2) is 6.10 Å². The molecule has 0 fully saturated rings. The number of benzene rings is 1. The number of aromatic amines is 1. The van der Waals surface area contributed by atoms with Crippen LogP contribution in [0.15, 0.2) is 18.2 Å². The largest absolute Gasteiger partial charge is 0.418 e. The molecule has 0 aliphatic rings. The number of aliphatic hydroxyl groups is 1. The van der Waals surface area contributed by atoms with Crippen molar-refractivity contribution < 1.29 is 18.3 Å². The zero-order valence-corrected chi connectivity index (χ0v) is 9.39. The number of aryl methyl sites for hydroxylation is 2. The predicted octanol–water partition coefficient (Wildman–Crippen LogP) is 3.38. The van der Waals surface area contributed by atoms with Gasteiger partial charge in [0, 0.05) is 22.2 Å². The number of aromatic nitrogens is 1. The van der Waals surface area contributed by atoms with Crippen molar-refractivity contribution in [3.05, 3.63) is 35.0 Å². The first kappa shape index (κ1) is 12.0. The van der Waals surface area contributed by atoms with Crippen LogP contribution in [0, 0.1) is 13.8 Å². The number of aliphatic hydroxyl groups excluding tert-OH is 1. The minimum Gasteiger partial charge on any atom is -0.379 e. The van der Waals surface area contributed by atoms with Crippen molar-refractivity contribution in [1.29, 1.82) is 0 Å². The van der Waals surface area contributed by atoms with Crippen LogP contribution in [0.1, 0.15) is 22.9 Å². The molecule has 5 heteroatoms. The molecular formula is C12H12F3NO. The van der Waals surface area contributed by atoms with E-state index in [9.17, 15) is 18.3 Å². The van der Waals surface area contributed by atoms with Crippen LogP contribution in [0.3, 0.4) is 0 Å². The monoisotopic (exact) mass is 243 g/mol. The van der Waals surface area contributed by atoms with E-state index in [1.807, 2.05) is 6.07 Å². The van der Waals surface area contributed by atoms with Crippen LogP contribution < -0.4 is 0 Å². The highest BCUT2D eigenvalue weighted by Gasteiger charge is 2.41. The van der Waals surface area contributed by atoms with Gasteiger partial charge in [-0.2, -0.15) is 13.2 Å². The van der Waals surface area contributed by atoms with Crippen LogP contribution in [0.2, 0.25) is 0 Å². The standard InChI is InChI=1S/C12H12F3NO/c1-6-3-4-9-8(5-6)10(7(2)16-9)11(17)12(13,14)15/h3-5,11,16-17H,1-2H3/t11-/m0/s1. The van der Waals surface area contributed by atoms with Gasteiger partial charge in [0.25, 0.3) is 0 Å². The first-order chi connectivity index (χ1) is 7.80. The van der Waals surface area contributed by atoms with Crippen LogP contribution in [-0.4, -0.2) is 16.3 Å². The molecule has 0 amide bonds. The van der Waals surface area contributed by atoms with E-state index in [2.05, 4.69) is 4.98 Å². The Labute approximate surface area is 96.1 Å². The van der Waals surface area contributed by atoms with Gasteiger partial charge in [-0.25, -0.2) is 0 Å². The highest BCUT2D eigenvalue weighted by atomic mass is 19.4. The summed E-state index contributed by atoms with van der Waals surface area (Å²) in [5.74, 6) is 0. The van der Waals surface area contributed by atoms with Crippen molar-refractivity contribution >= 4 is 10.9 Å². The lowest BCUT2D eigenvalue weighted by molar-refractivity contribution is -0.206. The van der Waals surface area contributed by atoms with E-state index < -0.39 is 12.3 Å². The Hall–Kier alpha value is -1.49. The average molecular weight is 243 g/mol. The van der Waals surface area contributed by atoms with Crippen molar-refractivity contribution in [2.75, 3.05) is 0 Å². The predicted molar refractivity (Wildman–Crippen MR) is 58.8 cm³/mol. The Morgan fingerprint density at radius 3 is 2.47 bits per heavy atom. The molecule has 0 radical (unpaired) electrons. The summed E-state index contributed by atoms with van der Waals surface area (Å²) < 4.78 is 37.7. The van der Waals surface area contributed by atoms with Gasteiger partial charge in [0.05, 0.1) is 0 Å². The van der Waals surface area contributed by atoms with E-state index in [0.717, 1.165) is 5.56 Å². The second-order valence-corrected chi connectivity index (χ2v) is 4.16. The molecule has 2 nitrogen and oxygen atoms in total. The van der Waals surface area contributed by atoms with Crippen LogP contribution in [0.5, 0.6) is 0 Å². The molecule has 0 unspecified atom stereocenters. The number of alkyl halides is 3. The van der Waals surface area contributed by atoms with Gasteiger partial charge in [0.2, 0.25) is 0 Å². The summed E-state index contributed by atoms with van der Waals surface area (Å²) in [6, 6.07) is 5.16. The lowest BCUT2D eigenvalue weighted by Crippen LogP contribution is -2.20. The van der Waals surface area contributed by atoms with E-state index in [1.165, 1.54) is 6.92 Å². The lowest BCUT2D eigenvalue weighted by atomic mass is 10.0. The molecule has 0 bridgehead atoms. The molecule has 2 rings (SSSR count). The van der Waals surface area contributed by atoms with Crippen LogP contribution in [0.4, 0.5) is 13.2 Å². The molecule has 0 saturated carbocycles. The minimum absolute atomic E-state index is 0.0869. The first-order valence-electron chi connectivity index (χ1n) is 5.14. The van der Waals surface area contributed by atoms with Crippen molar-refractivity contribution in [3.8, 4) is 0 Å². The fraction of sp³-hybridized carbons (Fsp3) is 0.333. The second kappa shape index (κ2) is 3.77. The third-order valence-electron chi connectivity index (χ3n) is 2.77. The van der Waals surface area contributed by atoms with Crippen molar-refractivity contribution in [2.24, 2.45) is 0 Å². The summed E-state index contributed by atoms with van der Waals surface area (Å²) in [6.45, 7) is 3.32. The van der Waals surface area contributed by atoms with Gasteiger partial charge in [-0.3, -0.25) is 0 Å². The zero-order valence-electron chi connectivity index (χ0n) is 9.39. The molecule has 0 aliphatic carbocycles. The number of fused-ring (bicyclic) bond motifs is 1. The molecule has 0 spiro atoms. The maximum atomic E-state index is 12.6. The minimum atomic E-state index is -4.65. The lowest BCUT2D eigenvalue weighted by Gasteiger charge is -2.15. The van der Waals surface area contributed by atoms with Crippen molar-refractivity contribution in [1.82, 2.24) is 4.98 Å². The van der Waals surface area contributed by atoms with E-state index >= 15 is 0 Å². The summed E-state index contributed by atoms with van der Waals surface area (Å²) in [6.07, 6.45) is -7.10. The van der Waals surface area contributed by atoms with Crippen LogP contribution in [0.25, 0.3) is 10.9 Å². The van der Waals surface area contributed by atoms with Crippen molar-refractivity contribution in [3.63, 3.8) is 0 Å². The number of hydrogen-bond acceptors (Lipinski definition) is 1. The van der Waals surface area contributed by atoms with Crippen molar-refractivity contribution in [2.45, 2.75) is 26.1 Å². The zero-order chi connectivity index (χ0) is 12.8. The van der Waals surface area contributed by atoms with Gasteiger partial charge >= 0.3 is 6.18 Å². The molecule has 1 aromatic heterocycles. The average Bonchev–Trinajstić information content (AvgIpc) is 2.51. The van der Waals surface area contributed by atoms with E-state index in [1.54, 1.807) is 19.1 Å². The van der Waals surface area contributed by atoms with E-state index in [-0.39, 0.29) is 5.56 Å². The molecular weight excluding hydrogens is 231 g/mol. The van der Waals surface area contributed by atoms with E-state index in [0.29, 0.717) is 16.6 Å². The second-order valence-electron chi connectivity index (χ2n) is 4.16. The molecule has 1 aromatic carbocycles. The Morgan fingerprint density at radius 1 is 1.24 bits per heavy atom. The van der Waals surface area contributed by atoms with E-state index in [4.69, 9.17) is 0 Å². The molecule has 17 heavy (non-hydrogen) atoms. The summed E-state index contributed by atoms with van der Waals surface area (Å²) in [5.41, 5.74) is 1.71. The summed E-state index contributed by atoms with van der Waals surface area (Å²) in [4.78, 5) is 2.85. The third-order valence-corrected chi connectivity index (χ3v) is 2.77. The van der Waals surface area contributed by atoms with Gasteiger partial charge in [-0.15, -0.1) is 0 Å². The fourth-order valence-electron chi connectivity index (χ4n) is 1.98. The molecule has 0 aliphatic heterocycles. The van der Waals surface area contributed by atoms with Gasteiger partial charge in [0.1, 0.15) is 0 Å². The summed E-state index contributed by atoms with van der Waals surface area (Å²) >= 11 is 0. The number of halogens is 3. The fourth-order valence-corrected chi connectivity index (χ4v) is 1.98. The number of rotatable bonds is 1. The van der Waals surface area contributed by atoms with Gasteiger partial charge in [-0.05, 0) is 26.0 Å². The molecule has 2 aromatic rings. The smallest absolute Gasteiger partial charge is 0.379 e. The van der Waals surface area contributed by atoms with Crippen LogP contribution >= 0.6 is 0 Å². The summed E-state index contributed by atoms with van der Waals surface area (Å²) in [5, 5.41) is 9.79. The molecule has 1 atom stereocenters. The molecule has 92 valence electrons. The topological polar surface area (TPSA) is 36.0 Å². The first-order valence-corrected chi connectivity index (χ1v) is 5.14. The Bertz CT molecular complexity index is 557. The highest BCUT2D eigenvalue weighted by molar-refractivity contribution is 5.85. The summed E-state index contributed by atoms with van der Waals surface area (Å²) in [7, 11) is 0. The number of hydrogen-bond donors (Lipinski definition) is 2. The third kappa shape index (κ3) is 2.02. The molecule has 1 heterocycles. The Balaban J connectivity index is 2.68. The van der Waals surface area contributed by atoms with Gasteiger partial charge < -0.3 is 10.1 Å². The van der Waals surface area contributed by atoms with Crippen LogP contribution in [-0.2, 0) is 0 Å². The Morgan fingerprint density at radius 2 is 1.88 bits per heavy atom. The molecule has 2 N–H and O–H groups in total.